The molecular weight excluding hydrogens is 367 g/mol. The lowest BCUT2D eigenvalue weighted by atomic mass is 9.66. The molecule has 11 nitrogen and oxygen atoms in total. The molecule has 12 heteroatoms. The van der Waals surface area contributed by atoms with E-state index in [0.717, 1.165) is 0 Å². The van der Waals surface area contributed by atoms with E-state index in [1.807, 2.05) is 0 Å². The Labute approximate surface area is 165 Å². The van der Waals surface area contributed by atoms with Gasteiger partial charge in [-0.25, -0.2) is 0 Å². The molecule has 4 atom stereocenters. The largest absolute Gasteiger partial charge is 0.480 e. The van der Waals surface area contributed by atoms with E-state index < -0.39 is 30.6 Å². The molecule has 0 radical (unpaired) electrons. The highest BCUT2D eigenvalue weighted by Crippen LogP contribution is 2.38. The Morgan fingerprint density at radius 2 is 1.96 bits per heavy atom. The van der Waals surface area contributed by atoms with Crippen LogP contribution in [0, 0.1) is 11.8 Å². The number of rotatable bonds is 11. The normalized spacial score (nSPS) is 25.6. The summed E-state index contributed by atoms with van der Waals surface area (Å²) >= 11 is 0. The number of carboxylic acids is 1. The number of carbonyl (C=O) groups is 2. The Kier molecular flexibility index (Phi) is 9.66. The second-order valence-electron chi connectivity index (χ2n) is 7.55. The van der Waals surface area contributed by atoms with Crippen molar-refractivity contribution >= 4 is 25.0 Å². The number of amides is 1. The smallest absolute Gasteiger partial charge is 0.451 e. The molecule has 0 saturated heterocycles. The van der Waals surface area contributed by atoms with Gasteiger partial charge in [0.05, 0.1) is 6.04 Å². The molecule has 0 bridgehead atoms. The van der Waals surface area contributed by atoms with Crippen LogP contribution < -0.4 is 28.3 Å². The molecule has 1 aliphatic carbocycles. The summed E-state index contributed by atoms with van der Waals surface area (Å²) in [5.41, 5.74) is 21.0. The summed E-state index contributed by atoms with van der Waals surface area (Å²) in [5.74, 6) is -1.95. The van der Waals surface area contributed by atoms with Gasteiger partial charge in [0.25, 0.3) is 0 Å². The zero-order chi connectivity index (χ0) is 21.3. The highest BCUT2D eigenvalue weighted by atomic mass is 16.4. The number of carbonyl (C=O) groups excluding carboxylic acids is 1. The molecule has 0 aromatic rings. The number of carboxylic acid groups (broad SMARTS) is 1. The Morgan fingerprint density at radius 1 is 1.29 bits per heavy atom. The molecule has 1 rings (SSSR count). The number of hydrogen-bond donors (Lipinski definition) is 8. The second-order valence-corrected chi connectivity index (χ2v) is 7.55. The number of nitrogens with one attached hydrogen (secondary N) is 1. The van der Waals surface area contributed by atoms with E-state index in [1.165, 1.54) is 0 Å². The van der Waals surface area contributed by atoms with Crippen LogP contribution in [-0.4, -0.2) is 64.8 Å². The van der Waals surface area contributed by atoms with E-state index >= 15 is 0 Å². The molecule has 0 aliphatic heterocycles. The quantitative estimate of drug-likeness (QED) is 0.0796. The van der Waals surface area contributed by atoms with Gasteiger partial charge < -0.3 is 43.4 Å². The molecular formula is C16H33BN6O5. The standard InChI is InChI=1S/C16H33BN6O5/c18-12(2-1-7-22-15(19)20)13(24)23-9-11-4-3-10(5-6-17(27)28)8-16(11,21)14(25)26/h10-12,27-28H,1-9,18,21H2,(H,23,24)(H,25,26)(H4,19,20,22)/t10-,11-,12-,16+/m0/s1. The van der Waals surface area contributed by atoms with Crippen molar-refractivity contribution in [1.82, 2.24) is 5.32 Å². The maximum atomic E-state index is 12.2. The zero-order valence-electron chi connectivity index (χ0n) is 16.1. The number of nitrogens with two attached hydrogens (primary N) is 4. The molecule has 1 saturated carbocycles. The first kappa shape index (κ1) is 24.2. The summed E-state index contributed by atoms with van der Waals surface area (Å²) in [7, 11) is -1.41. The third kappa shape index (κ3) is 7.62. The SMILES string of the molecule is NC(N)=NCCC[C@H](N)C(=O)NC[C@@H]1CC[C@@H](CCB(O)O)C[C@]1(N)C(=O)O. The molecule has 1 amide bonds. The van der Waals surface area contributed by atoms with Crippen molar-refractivity contribution in [3.8, 4) is 0 Å². The van der Waals surface area contributed by atoms with Crippen LogP contribution in [0.15, 0.2) is 4.99 Å². The van der Waals surface area contributed by atoms with Crippen LogP contribution in [0.25, 0.3) is 0 Å². The molecule has 0 heterocycles. The van der Waals surface area contributed by atoms with Gasteiger partial charge in [-0.3, -0.25) is 14.6 Å². The summed E-state index contributed by atoms with van der Waals surface area (Å²) in [5, 5.41) is 30.3. The van der Waals surface area contributed by atoms with E-state index in [2.05, 4.69) is 10.3 Å². The first-order chi connectivity index (χ1) is 13.1. The first-order valence-electron chi connectivity index (χ1n) is 9.53. The lowest BCUT2D eigenvalue weighted by Gasteiger charge is -2.41. The van der Waals surface area contributed by atoms with Crippen molar-refractivity contribution in [3.63, 3.8) is 0 Å². The third-order valence-electron chi connectivity index (χ3n) is 5.34. The van der Waals surface area contributed by atoms with Gasteiger partial charge in [0.2, 0.25) is 5.91 Å². The first-order valence-corrected chi connectivity index (χ1v) is 9.53. The van der Waals surface area contributed by atoms with Crippen molar-refractivity contribution in [2.75, 3.05) is 13.1 Å². The van der Waals surface area contributed by atoms with Gasteiger partial charge in [-0.15, -0.1) is 0 Å². The molecule has 0 aromatic heterocycles. The van der Waals surface area contributed by atoms with E-state index in [4.69, 9.17) is 33.0 Å². The summed E-state index contributed by atoms with van der Waals surface area (Å²) in [4.78, 5) is 27.8. The van der Waals surface area contributed by atoms with Crippen LogP contribution in [0.2, 0.25) is 6.32 Å². The number of nitrogens with zero attached hydrogens (tertiary/aromatic N) is 1. The molecule has 1 aliphatic rings. The van der Waals surface area contributed by atoms with Gasteiger partial charge in [-0.2, -0.15) is 0 Å². The highest BCUT2D eigenvalue weighted by molar-refractivity contribution is 6.40. The predicted octanol–water partition coefficient (Wildman–Crippen LogP) is -2.46. The van der Waals surface area contributed by atoms with Gasteiger partial charge in [0, 0.05) is 19.0 Å². The molecule has 160 valence electrons. The van der Waals surface area contributed by atoms with Crippen molar-refractivity contribution in [2.24, 2.45) is 39.8 Å². The number of hydrogen-bond acceptors (Lipinski definition) is 7. The van der Waals surface area contributed by atoms with E-state index in [1.54, 1.807) is 0 Å². The van der Waals surface area contributed by atoms with Crippen LogP contribution in [0.3, 0.4) is 0 Å². The van der Waals surface area contributed by atoms with Gasteiger partial charge in [-0.05, 0) is 44.3 Å². The molecule has 0 unspecified atom stereocenters. The van der Waals surface area contributed by atoms with Crippen molar-refractivity contribution in [2.45, 2.75) is 56.4 Å². The minimum Gasteiger partial charge on any atom is -0.480 e. The van der Waals surface area contributed by atoms with Crippen molar-refractivity contribution in [3.05, 3.63) is 0 Å². The Balaban J connectivity index is 2.54. The average molecular weight is 400 g/mol. The molecule has 12 N–H and O–H groups in total. The molecule has 0 spiro atoms. The van der Waals surface area contributed by atoms with Crippen molar-refractivity contribution < 1.29 is 24.7 Å². The van der Waals surface area contributed by atoms with E-state index in [0.29, 0.717) is 38.6 Å². The van der Waals surface area contributed by atoms with Crippen LogP contribution >= 0.6 is 0 Å². The molecule has 28 heavy (non-hydrogen) atoms. The van der Waals surface area contributed by atoms with Gasteiger partial charge >= 0.3 is 13.1 Å². The minimum atomic E-state index is -1.48. The fourth-order valence-electron chi connectivity index (χ4n) is 3.62. The minimum absolute atomic E-state index is 0.00681. The monoisotopic (exact) mass is 400 g/mol. The topological polar surface area (TPSA) is 223 Å². The maximum Gasteiger partial charge on any atom is 0.451 e. The number of guanidine groups is 1. The second kappa shape index (κ2) is 11.2. The Bertz CT molecular complexity index is 560. The Hall–Kier alpha value is -1.89. The summed E-state index contributed by atoms with van der Waals surface area (Å²) in [6, 6.07) is -0.742. The predicted molar refractivity (Wildman–Crippen MR) is 106 cm³/mol. The fourth-order valence-corrected chi connectivity index (χ4v) is 3.62. The Morgan fingerprint density at radius 3 is 2.54 bits per heavy atom. The van der Waals surface area contributed by atoms with E-state index in [9.17, 15) is 14.7 Å². The van der Waals surface area contributed by atoms with Crippen LogP contribution in [0.1, 0.15) is 38.5 Å². The lowest BCUT2D eigenvalue weighted by molar-refractivity contribution is -0.148. The fraction of sp³-hybridized carbons (Fsp3) is 0.812. The lowest BCUT2D eigenvalue weighted by Crippen LogP contribution is -2.60. The number of aliphatic imine (C=N–C) groups is 1. The summed E-state index contributed by atoms with van der Waals surface area (Å²) in [6.07, 6.45) is 3.06. The number of aliphatic carboxylic acids is 1. The van der Waals surface area contributed by atoms with Crippen LogP contribution in [-0.2, 0) is 9.59 Å². The third-order valence-corrected chi connectivity index (χ3v) is 5.34. The van der Waals surface area contributed by atoms with E-state index in [-0.39, 0.29) is 37.1 Å². The summed E-state index contributed by atoms with van der Waals surface area (Å²) < 4.78 is 0. The van der Waals surface area contributed by atoms with Gasteiger partial charge in [-0.1, -0.05) is 6.42 Å². The zero-order valence-corrected chi connectivity index (χ0v) is 16.1. The maximum absolute atomic E-state index is 12.2. The highest BCUT2D eigenvalue weighted by Gasteiger charge is 2.47. The molecule has 0 aromatic carbocycles. The average Bonchev–Trinajstić information content (AvgIpc) is 2.61. The van der Waals surface area contributed by atoms with Crippen molar-refractivity contribution in [1.29, 1.82) is 0 Å². The summed E-state index contributed by atoms with van der Waals surface area (Å²) in [6.45, 7) is 0.499. The van der Waals surface area contributed by atoms with Gasteiger partial charge in [0.1, 0.15) is 5.54 Å². The van der Waals surface area contributed by atoms with Crippen LogP contribution in [0.4, 0.5) is 0 Å². The van der Waals surface area contributed by atoms with Gasteiger partial charge in [0.15, 0.2) is 5.96 Å². The molecule has 1 fully saturated rings. The van der Waals surface area contributed by atoms with Crippen LogP contribution in [0.5, 0.6) is 0 Å².